The van der Waals surface area contributed by atoms with Gasteiger partial charge >= 0.3 is 12.0 Å². The molecular weight excluding hydrogens is 212 g/mol. The fraction of sp³-hybridized carbons (Fsp3) is 0.800. The van der Waals surface area contributed by atoms with Crippen LogP contribution in [0.3, 0.4) is 0 Å². The largest absolute Gasteiger partial charge is 0.481 e. The molecule has 1 atom stereocenters. The summed E-state index contributed by atoms with van der Waals surface area (Å²) >= 11 is 0. The topological polar surface area (TPSA) is 87.7 Å². The molecule has 0 aliphatic carbocycles. The van der Waals surface area contributed by atoms with Gasteiger partial charge in [-0.05, 0) is 12.8 Å². The van der Waals surface area contributed by atoms with Crippen LogP contribution in [0.1, 0.15) is 19.3 Å². The van der Waals surface area contributed by atoms with E-state index in [-0.39, 0.29) is 12.5 Å². The van der Waals surface area contributed by atoms with E-state index in [1.54, 1.807) is 0 Å². The molecule has 16 heavy (non-hydrogen) atoms. The number of aliphatic carboxylic acids is 1. The van der Waals surface area contributed by atoms with E-state index in [1.807, 2.05) is 0 Å². The third-order valence-electron chi connectivity index (χ3n) is 2.43. The zero-order chi connectivity index (χ0) is 11.8. The fourth-order valence-electron chi connectivity index (χ4n) is 1.49. The number of nitrogens with one attached hydrogen (secondary N) is 2. The molecule has 1 unspecified atom stereocenters. The van der Waals surface area contributed by atoms with Crippen molar-refractivity contribution < 1.29 is 19.4 Å². The maximum absolute atomic E-state index is 11.2. The van der Waals surface area contributed by atoms with Crippen LogP contribution in [0, 0.1) is 5.92 Å². The zero-order valence-electron chi connectivity index (χ0n) is 9.20. The van der Waals surface area contributed by atoms with Crippen molar-refractivity contribution >= 4 is 12.0 Å². The van der Waals surface area contributed by atoms with E-state index >= 15 is 0 Å². The first-order chi connectivity index (χ1) is 7.68. The van der Waals surface area contributed by atoms with Crippen molar-refractivity contribution in [2.24, 2.45) is 5.92 Å². The van der Waals surface area contributed by atoms with Gasteiger partial charge in [-0.25, -0.2) is 4.79 Å². The Hall–Kier alpha value is -1.30. The summed E-state index contributed by atoms with van der Waals surface area (Å²) in [6.07, 6.45) is 1.52. The van der Waals surface area contributed by atoms with Crippen LogP contribution in [0.5, 0.6) is 0 Å². The number of carboxylic acid groups (broad SMARTS) is 1. The van der Waals surface area contributed by atoms with E-state index in [1.165, 1.54) is 0 Å². The van der Waals surface area contributed by atoms with Crippen LogP contribution in [0.4, 0.5) is 4.79 Å². The van der Waals surface area contributed by atoms with Gasteiger partial charge in [-0.15, -0.1) is 0 Å². The summed E-state index contributed by atoms with van der Waals surface area (Å²) in [5, 5.41) is 13.7. The van der Waals surface area contributed by atoms with Crippen molar-refractivity contribution in [3.8, 4) is 0 Å². The Balaban J connectivity index is 1.95. The summed E-state index contributed by atoms with van der Waals surface area (Å²) in [4.78, 5) is 21.4. The number of carbonyl (C=O) groups is 2. The number of carbonyl (C=O) groups excluding carboxylic acids is 1. The van der Waals surface area contributed by atoms with Gasteiger partial charge in [0, 0.05) is 32.0 Å². The van der Waals surface area contributed by atoms with Gasteiger partial charge < -0.3 is 20.5 Å². The Bertz CT molecular complexity index is 239. The van der Waals surface area contributed by atoms with Crippen LogP contribution in [0.2, 0.25) is 0 Å². The summed E-state index contributed by atoms with van der Waals surface area (Å²) in [6.45, 7) is 2.48. The van der Waals surface area contributed by atoms with Crippen LogP contribution in [0.25, 0.3) is 0 Å². The molecule has 1 aliphatic rings. The summed E-state index contributed by atoms with van der Waals surface area (Å²) in [5.74, 6) is -0.435. The number of carboxylic acids is 1. The van der Waals surface area contributed by atoms with E-state index in [9.17, 15) is 9.59 Å². The number of hydrogen-bond donors (Lipinski definition) is 3. The smallest absolute Gasteiger partial charge is 0.314 e. The van der Waals surface area contributed by atoms with Gasteiger partial charge in [-0.3, -0.25) is 4.79 Å². The Morgan fingerprint density at radius 3 is 2.81 bits per heavy atom. The molecular formula is C10H18N2O4. The van der Waals surface area contributed by atoms with Crippen molar-refractivity contribution in [1.29, 1.82) is 0 Å². The third kappa shape index (κ3) is 5.55. The predicted molar refractivity (Wildman–Crippen MR) is 57.2 cm³/mol. The van der Waals surface area contributed by atoms with E-state index in [2.05, 4.69) is 10.6 Å². The minimum atomic E-state index is -0.842. The number of hydrogen-bond acceptors (Lipinski definition) is 3. The summed E-state index contributed by atoms with van der Waals surface area (Å²) < 4.78 is 5.18. The lowest BCUT2D eigenvalue weighted by Gasteiger charge is -2.10. The van der Waals surface area contributed by atoms with Crippen molar-refractivity contribution in [3.63, 3.8) is 0 Å². The monoisotopic (exact) mass is 230 g/mol. The second-order valence-electron chi connectivity index (χ2n) is 3.86. The van der Waals surface area contributed by atoms with E-state index in [4.69, 9.17) is 9.84 Å². The molecule has 6 heteroatoms. The first-order valence-corrected chi connectivity index (χ1v) is 5.49. The number of ether oxygens (including phenoxy) is 1. The lowest BCUT2D eigenvalue weighted by atomic mass is 10.1. The highest BCUT2D eigenvalue weighted by atomic mass is 16.5. The van der Waals surface area contributed by atoms with Crippen LogP contribution in [0.15, 0.2) is 0 Å². The molecule has 0 radical (unpaired) electrons. The molecule has 0 aromatic rings. The quantitative estimate of drug-likeness (QED) is 0.568. The first-order valence-electron chi connectivity index (χ1n) is 5.49. The molecule has 0 aromatic carbocycles. The van der Waals surface area contributed by atoms with E-state index in [0.717, 1.165) is 13.0 Å². The summed E-state index contributed by atoms with van der Waals surface area (Å²) in [7, 11) is 0. The first kappa shape index (κ1) is 12.8. The highest BCUT2D eigenvalue weighted by Crippen LogP contribution is 2.10. The second-order valence-corrected chi connectivity index (χ2v) is 3.86. The molecule has 0 saturated carbocycles. The lowest BCUT2D eigenvalue weighted by molar-refractivity contribution is -0.137. The maximum atomic E-state index is 11.2. The molecule has 0 aromatic heterocycles. The van der Waals surface area contributed by atoms with Crippen LogP contribution in [-0.4, -0.2) is 43.4 Å². The van der Waals surface area contributed by atoms with Crippen molar-refractivity contribution in [2.75, 3.05) is 26.3 Å². The molecule has 0 bridgehead atoms. The van der Waals surface area contributed by atoms with Crippen molar-refractivity contribution in [3.05, 3.63) is 0 Å². The number of rotatable bonds is 6. The standard InChI is InChI=1S/C10H18N2O4/c13-9(14)2-1-4-11-10(15)12-6-8-3-5-16-7-8/h8H,1-7H2,(H,13,14)(H2,11,12,15). The van der Waals surface area contributed by atoms with Crippen molar-refractivity contribution in [1.82, 2.24) is 10.6 Å². The normalized spacial score (nSPS) is 19.4. The summed E-state index contributed by atoms with van der Waals surface area (Å²) in [6, 6.07) is -0.239. The minimum absolute atomic E-state index is 0.0801. The van der Waals surface area contributed by atoms with Crippen LogP contribution >= 0.6 is 0 Å². The van der Waals surface area contributed by atoms with Crippen LogP contribution < -0.4 is 10.6 Å². The van der Waals surface area contributed by atoms with Gasteiger partial charge in [0.05, 0.1) is 6.61 Å². The molecule has 0 spiro atoms. The molecule has 1 aliphatic heterocycles. The molecule has 1 rings (SSSR count). The average Bonchev–Trinajstić information content (AvgIpc) is 2.74. The number of urea groups is 1. The predicted octanol–water partition coefficient (Wildman–Crippen LogP) is 0.187. The average molecular weight is 230 g/mol. The van der Waals surface area contributed by atoms with Crippen molar-refractivity contribution in [2.45, 2.75) is 19.3 Å². The maximum Gasteiger partial charge on any atom is 0.314 e. The second kappa shape index (κ2) is 7.05. The molecule has 92 valence electrons. The molecule has 1 saturated heterocycles. The Kier molecular flexibility index (Phi) is 5.63. The third-order valence-corrected chi connectivity index (χ3v) is 2.43. The molecule has 3 N–H and O–H groups in total. The minimum Gasteiger partial charge on any atom is -0.481 e. The van der Waals surface area contributed by atoms with Gasteiger partial charge in [0.1, 0.15) is 0 Å². The highest BCUT2D eigenvalue weighted by Gasteiger charge is 2.15. The van der Waals surface area contributed by atoms with Gasteiger partial charge in [-0.2, -0.15) is 0 Å². The van der Waals surface area contributed by atoms with E-state index in [0.29, 0.717) is 32.0 Å². The fourth-order valence-corrected chi connectivity index (χ4v) is 1.49. The molecule has 2 amide bonds. The van der Waals surface area contributed by atoms with Gasteiger partial charge in [0.2, 0.25) is 0 Å². The van der Waals surface area contributed by atoms with Gasteiger partial charge in [-0.1, -0.05) is 0 Å². The van der Waals surface area contributed by atoms with Gasteiger partial charge in [0.15, 0.2) is 0 Å². The molecule has 1 heterocycles. The Morgan fingerprint density at radius 2 is 2.19 bits per heavy atom. The van der Waals surface area contributed by atoms with E-state index < -0.39 is 5.97 Å². The lowest BCUT2D eigenvalue weighted by Crippen LogP contribution is -2.38. The number of amides is 2. The molecule has 1 fully saturated rings. The SMILES string of the molecule is O=C(O)CCCNC(=O)NCC1CCOC1. The highest BCUT2D eigenvalue weighted by molar-refractivity contribution is 5.73. The summed E-state index contributed by atoms with van der Waals surface area (Å²) in [5.41, 5.74) is 0. The van der Waals surface area contributed by atoms with Crippen LogP contribution in [-0.2, 0) is 9.53 Å². The Labute approximate surface area is 94.3 Å². The zero-order valence-corrected chi connectivity index (χ0v) is 9.20. The Morgan fingerprint density at radius 1 is 1.38 bits per heavy atom. The molecule has 6 nitrogen and oxygen atoms in total. The van der Waals surface area contributed by atoms with Gasteiger partial charge in [0.25, 0.3) is 0 Å².